The highest BCUT2D eigenvalue weighted by molar-refractivity contribution is 7.66. The van der Waals surface area contributed by atoms with Crippen molar-refractivity contribution in [2.45, 2.75) is 18.0 Å². The van der Waals surface area contributed by atoms with Crippen molar-refractivity contribution in [1.29, 1.82) is 0 Å². The van der Waals surface area contributed by atoms with Gasteiger partial charge in [-0.25, -0.2) is 22.9 Å². The Morgan fingerprint density at radius 3 is 2.38 bits per heavy atom. The fourth-order valence-electron chi connectivity index (χ4n) is 2.63. The molecule has 2 heterocycles. The molecule has 4 unspecified atom stereocenters. The maximum absolute atomic E-state index is 15.4. The van der Waals surface area contributed by atoms with Crippen molar-refractivity contribution >= 4 is 23.5 Å². The number of H-pyrrole nitrogens is 1. The van der Waals surface area contributed by atoms with Crippen LogP contribution in [-0.2, 0) is 31.6 Å². The van der Waals surface area contributed by atoms with Gasteiger partial charge in [0.05, 0.1) is 25.2 Å². The second-order valence-corrected chi connectivity index (χ2v) is 10.4. The van der Waals surface area contributed by atoms with Crippen molar-refractivity contribution in [3.05, 3.63) is 27.0 Å². The van der Waals surface area contributed by atoms with Crippen LogP contribution >= 0.6 is 23.5 Å². The molecule has 0 spiro atoms. The SMILES string of the molecule is C#CC1(F)C(CO)[C@@H](COP(=O)(O)OP(=O)(O)OP(=O)(O)O)O[C@H]1n1ncc(=O)[nH]c1=O. The summed E-state index contributed by atoms with van der Waals surface area (Å²) in [5.41, 5.74) is -5.14. The van der Waals surface area contributed by atoms with Crippen LogP contribution < -0.4 is 11.2 Å². The quantitative estimate of drug-likeness (QED) is 0.152. The van der Waals surface area contributed by atoms with Crippen LogP contribution in [0.2, 0.25) is 0 Å². The highest BCUT2D eigenvalue weighted by Gasteiger charge is 2.59. The first-order valence-electron chi connectivity index (χ1n) is 7.93. The lowest BCUT2D eigenvalue weighted by Crippen LogP contribution is -2.44. The molecule has 2 rings (SSSR count). The first kappa shape index (κ1) is 26.7. The fraction of sp³-hybridized carbons (Fsp3) is 0.545. The lowest BCUT2D eigenvalue weighted by atomic mass is 9.88. The maximum atomic E-state index is 15.4. The molecule has 6 N–H and O–H groups in total. The number of aromatic nitrogens is 3. The average Bonchev–Trinajstić information content (AvgIpc) is 2.89. The number of halogens is 1. The molecule has 1 aromatic rings. The van der Waals surface area contributed by atoms with E-state index in [-0.39, 0.29) is 0 Å². The number of aliphatic hydroxyl groups excluding tert-OH is 1. The molecule has 0 bridgehead atoms. The molecule has 1 saturated heterocycles. The molecule has 1 fully saturated rings. The van der Waals surface area contributed by atoms with Gasteiger partial charge in [0.15, 0.2) is 0 Å². The van der Waals surface area contributed by atoms with Crippen molar-refractivity contribution in [3.8, 4) is 12.3 Å². The number of nitrogens with zero attached hydrogens (tertiary/aromatic N) is 2. The summed E-state index contributed by atoms with van der Waals surface area (Å²) >= 11 is 0. The summed E-state index contributed by atoms with van der Waals surface area (Å²) in [6.07, 6.45) is 2.01. The summed E-state index contributed by atoms with van der Waals surface area (Å²) < 4.78 is 66.1. The number of alkyl halides is 1. The number of rotatable bonds is 9. The zero-order valence-electron chi connectivity index (χ0n) is 15.3. The van der Waals surface area contributed by atoms with Gasteiger partial charge in [0.2, 0.25) is 11.9 Å². The number of nitrogens with one attached hydrogen (secondary N) is 1. The summed E-state index contributed by atoms with van der Waals surface area (Å²) in [6, 6.07) is 0. The van der Waals surface area contributed by atoms with Gasteiger partial charge in [-0.3, -0.25) is 14.3 Å². The minimum Gasteiger partial charge on any atom is -0.396 e. The van der Waals surface area contributed by atoms with E-state index in [1.807, 2.05) is 0 Å². The van der Waals surface area contributed by atoms with Crippen LogP contribution in [0.5, 0.6) is 0 Å². The normalized spacial score (nSPS) is 29.7. The third-order valence-electron chi connectivity index (χ3n) is 3.85. The minimum absolute atomic E-state index is 0.300. The molecule has 21 heteroatoms. The Morgan fingerprint density at radius 2 is 1.88 bits per heavy atom. The van der Waals surface area contributed by atoms with E-state index in [1.54, 1.807) is 10.9 Å². The molecule has 0 radical (unpaired) electrons. The molecule has 0 aliphatic carbocycles. The summed E-state index contributed by atoms with van der Waals surface area (Å²) in [7, 11) is -17.0. The highest BCUT2D eigenvalue weighted by Crippen LogP contribution is 2.66. The van der Waals surface area contributed by atoms with Crippen LogP contribution in [-0.4, -0.2) is 64.4 Å². The Morgan fingerprint density at radius 1 is 1.25 bits per heavy atom. The van der Waals surface area contributed by atoms with Gasteiger partial charge in [0, 0.05) is 0 Å². The van der Waals surface area contributed by atoms with Gasteiger partial charge in [-0.1, -0.05) is 5.92 Å². The van der Waals surface area contributed by atoms with E-state index in [0.29, 0.717) is 10.9 Å². The molecule has 1 aliphatic heterocycles. The number of aliphatic hydroxyl groups is 1. The van der Waals surface area contributed by atoms with Gasteiger partial charge < -0.3 is 29.4 Å². The van der Waals surface area contributed by atoms with E-state index in [9.17, 15) is 33.3 Å². The fourth-order valence-corrected chi connectivity index (χ4v) is 5.66. The van der Waals surface area contributed by atoms with E-state index < -0.39 is 71.8 Å². The smallest absolute Gasteiger partial charge is 0.396 e. The van der Waals surface area contributed by atoms with E-state index in [0.717, 1.165) is 0 Å². The van der Waals surface area contributed by atoms with Crippen LogP contribution in [0.4, 0.5) is 4.39 Å². The van der Waals surface area contributed by atoms with Crippen LogP contribution in [0.25, 0.3) is 0 Å². The Balaban J connectivity index is 2.24. The van der Waals surface area contributed by atoms with Crippen molar-refractivity contribution < 1.29 is 60.6 Å². The molecule has 1 aromatic heterocycles. The molecule has 180 valence electrons. The Kier molecular flexibility index (Phi) is 7.80. The molecule has 32 heavy (non-hydrogen) atoms. The predicted molar refractivity (Wildman–Crippen MR) is 96.1 cm³/mol. The monoisotopic (exact) mass is 525 g/mol. The van der Waals surface area contributed by atoms with Crippen molar-refractivity contribution in [1.82, 2.24) is 14.8 Å². The van der Waals surface area contributed by atoms with Crippen molar-refractivity contribution in [2.24, 2.45) is 5.92 Å². The second-order valence-electron chi connectivity index (χ2n) is 6.00. The first-order chi connectivity index (χ1) is 14.5. The number of hydrogen-bond acceptors (Lipinski definition) is 11. The van der Waals surface area contributed by atoms with Gasteiger partial charge in [0.25, 0.3) is 5.56 Å². The zero-order valence-corrected chi connectivity index (χ0v) is 18.0. The van der Waals surface area contributed by atoms with E-state index in [4.69, 9.17) is 25.8 Å². The topological polar surface area (TPSA) is 257 Å². The molecular formula is C11H15FN3O14P3. The lowest BCUT2D eigenvalue weighted by molar-refractivity contribution is -0.0594. The number of phosphoric ester groups is 1. The molecule has 17 nitrogen and oxygen atoms in total. The lowest BCUT2D eigenvalue weighted by Gasteiger charge is -2.25. The largest absolute Gasteiger partial charge is 0.490 e. The number of hydrogen-bond donors (Lipinski definition) is 6. The summed E-state index contributed by atoms with van der Waals surface area (Å²) in [6.45, 7) is -2.21. The Hall–Kier alpha value is -1.57. The average molecular weight is 525 g/mol. The zero-order chi connectivity index (χ0) is 24.5. The van der Waals surface area contributed by atoms with Crippen LogP contribution in [0.3, 0.4) is 0 Å². The summed E-state index contributed by atoms with van der Waals surface area (Å²) in [4.78, 5) is 60.4. The van der Waals surface area contributed by atoms with E-state index >= 15 is 4.39 Å². The van der Waals surface area contributed by atoms with Gasteiger partial charge in [0.1, 0.15) is 6.20 Å². The van der Waals surface area contributed by atoms with Crippen LogP contribution in [0.15, 0.2) is 15.8 Å². The van der Waals surface area contributed by atoms with Crippen molar-refractivity contribution in [2.75, 3.05) is 13.2 Å². The first-order valence-corrected chi connectivity index (χ1v) is 12.4. The van der Waals surface area contributed by atoms with E-state index in [2.05, 4.69) is 18.2 Å². The molecule has 6 atom stereocenters. The molecule has 0 amide bonds. The van der Waals surface area contributed by atoms with Crippen LogP contribution in [0.1, 0.15) is 6.23 Å². The molecular weight excluding hydrogens is 510 g/mol. The molecule has 0 saturated carbocycles. The second kappa shape index (κ2) is 9.35. The third kappa shape index (κ3) is 6.27. The van der Waals surface area contributed by atoms with E-state index in [1.165, 1.54) is 0 Å². The number of ether oxygens (including phenoxy) is 1. The third-order valence-corrected chi connectivity index (χ3v) is 7.65. The summed E-state index contributed by atoms with van der Waals surface area (Å²) in [5, 5.41) is 12.9. The number of phosphoric acid groups is 3. The predicted octanol–water partition coefficient (Wildman–Crippen LogP) is -1.88. The Bertz CT molecular complexity index is 1160. The standard InChI is InChI=1S/C11H15FN3O14P3/c1-2-11(12)6(4-16)7(27-9(11)15-10(18)14-8(17)3-13-15)5-26-31(22,23)29-32(24,25)28-30(19,20)21/h1,3,6-7,9,16H,4-5H2,(H,22,23)(H,24,25)(H,14,17,18)(H2,19,20,21)/t6?,7-,9-,11?/m1/s1. The van der Waals surface area contributed by atoms with Crippen LogP contribution in [0, 0.1) is 18.3 Å². The van der Waals surface area contributed by atoms with Crippen molar-refractivity contribution in [3.63, 3.8) is 0 Å². The van der Waals surface area contributed by atoms with Gasteiger partial charge >= 0.3 is 29.2 Å². The highest BCUT2D eigenvalue weighted by atomic mass is 31.3. The van der Waals surface area contributed by atoms with Gasteiger partial charge in [-0.15, -0.1) is 6.42 Å². The number of aromatic amines is 1. The molecule has 1 aliphatic rings. The maximum Gasteiger partial charge on any atom is 0.490 e. The molecule has 0 aromatic carbocycles. The Labute approximate surface area is 176 Å². The number of terminal acetylenes is 1. The minimum atomic E-state index is -5.81. The van der Waals surface area contributed by atoms with Gasteiger partial charge in [-0.05, 0) is 0 Å². The van der Waals surface area contributed by atoms with Gasteiger partial charge in [-0.2, -0.15) is 18.4 Å². The summed E-state index contributed by atoms with van der Waals surface area (Å²) in [5.74, 6) is -0.0472.